The third-order valence-electron chi connectivity index (χ3n) is 2.44. The standard InChI is InChI=1S/C14H20ClNO3S/c1-14(2,3)19-13(17)16-10-12(20(15)18)9-11-7-5-4-6-8-11/h4-8,12H,9-10H2,1-3H3,(H,16,17). The fourth-order valence-electron chi connectivity index (χ4n) is 1.59. The van der Waals surface area contributed by atoms with Crippen LogP contribution in [0, 0.1) is 0 Å². The molecule has 1 rings (SSSR count). The van der Waals surface area contributed by atoms with E-state index in [9.17, 15) is 9.00 Å². The Morgan fingerprint density at radius 1 is 1.35 bits per heavy atom. The van der Waals surface area contributed by atoms with Crippen LogP contribution in [0.15, 0.2) is 30.3 Å². The minimum atomic E-state index is -1.54. The van der Waals surface area contributed by atoms with Crippen molar-refractivity contribution in [3.05, 3.63) is 35.9 Å². The van der Waals surface area contributed by atoms with Crippen LogP contribution in [0.5, 0.6) is 0 Å². The molecule has 0 aliphatic carbocycles. The molecule has 0 aromatic heterocycles. The highest BCUT2D eigenvalue weighted by Gasteiger charge is 2.20. The number of benzene rings is 1. The van der Waals surface area contributed by atoms with E-state index in [2.05, 4.69) is 5.32 Å². The van der Waals surface area contributed by atoms with Crippen molar-refractivity contribution in [1.82, 2.24) is 5.32 Å². The van der Waals surface area contributed by atoms with Gasteiger partial charge >= 0.3 is 6.09 Å². The van der Waals surface area contributed by atoms with Crippen LogP contribution < -0.4 is 5.32 Å². The number of hydrogen-bond acceptors (Lipinski definition) is 3. The zero-order chi connectivity index (χ0) is 15.2. The summed E-state index contributed by atoms with van der Waals surface area (Å²) in [6, 6.07) is 9.60. The Labute approximate surface area is 126 Å². The number of alkyl carbamates (subject to hydrolysis) is 1. The number of ether oxygens (including phenoxy) is 1. The number of nitrogens with one attached hydrogen (secondary N) is 1. The first-order valence-corrected chi connectivity index (χ1v) is 8.39. The number of amides is 1. The molecule has 1 amide bonds. The SMILES string of the molecule is CC(C)(C)OC(=O)NCC(Cc1ccccc1)S(=O)Cl. The Kier molecular flexibility index (Phi) is 6.49. The van der Waals surface area contributed by atoms with Crippen molar-refractivity contribution in [3.8, 4) is 0 Å². The van der Waals surface area contributed by atoms with E-state index in [1.165, 1.54) is 0 Å². The van der Waals surface area contributed by atoms with Crippen LogP contribution in [-0.4, -0.2) is 27.7 Å². The molecule has 0 saturated carbocycles. The molecule has 4 nitrogen and oxygen atoms in total. The average Bonchev–Trinajstić information content (AvgIpc) is 2.33. The predicted octanol–water partition coefficient (Wildman–Crippen LogP) is 3.02. The topological polar surface area (TPSA) is 55.4 Å². The summed E-state index contributed by atoms with van der Waals surface area (Å²) in [5.41, 5.74) is 0.469. The molecule has 6 heteroatoms. The van der Waals surface area contributed by atoms with Gasteiger partial charge in [-0.25, -0.2) is 9.00 Å². The van der Waals surface area contributed by atoms with Gasteiger partial charge in [0.25, 0.3) is 0 Å². The summed E-state index contributed by atoms with van der Waals surface area (Å²) < 4.78 is 16.7. The molecule has 0 radical (unpaired) electrons. The van der Waals surface area contributed by atoms with Crippen LogP contribution in [0.1, 0.15) is 26.3 Å². The lowest BCUT2D eigenvalue weighted by Crippen LogP contribution is -2.38. The van der Waals surface area contributed by atoms with Gasteiger partial charge in [-0.2, -0.15) is 0 Å². The molecular weight excluding hydrogens is 298 g/mol. The van der Waals surface area contributed by atoms with Gasteiger partial charge < -0.3 is 10.1 Å². The number of carbonyl (C=O) groups excluding carboxylic acids is 1. The third-order valence-corrected chi connectivity index (χ3v) is 4.05. The Morgan fingerprint density at radius 3 is 2.45 bits per heavy atom. The van der Waals surface area contributed by atoms with Gasteiger partial charge in [0.2, 0.25) is 0 Å². The van der Waals surface area contributed by atoms with Crippen LogP contribution in [0.25, 0.3) is 0 Å². The number of rotatable bonds is 5. The number of carbonyl (C=O) groups is 1. The van der Waals surface area contributed by atoms with Gasteiger partial charge in [0.15, 0.2) is 0 Å². The first-order chi connectivity index (χ1) is 9.28. The van der Waals surface area contributed by atoms with Crippen LogP contribution in [-0.2, 0) is 21.2 Å². The molecule has 20 heavy (non-hydrogen) atoms. The second-order valence-corrected chi connectivity index (χ2v) is 7.52. The van der Waals surface area contributed by atoms with E-state index in [4.69, 9.17) is 15.4 Å². The van der Waals surface area contributed by atoms with Gasteiger partial charge in [-0.05, 0) is 43.4 Å². The van der Waals surface area contributed by atoms with Crippen molar-refractivity contribution in [1.29, 1.82) is 0 Å². The van der Waals surface area contributed by atoms with Crippen molar-refractivity contribution < 1.29 is 13.7 Å². The highest BCUT2D eigenvalue weighted by atomic mass is 35.7. The maximum atomic E-state index is 11.6. The Morgan fingerprint density at radius 2 is 1.95 bits per heavy atom. The van der Waals surface area contributed by atoms with Crippen molar-refractivity contribution in [2.24, 2.45) is 0 Å². The van der Waals surface area contributed by atoms with Crippen LogP contribution in [0.4, 0.5) is 4.79 Å². The van der Waals surface area contributed by atoms with Gasteiger partial charge in [-0.3, -0.25) is 0 Å². The molecule has 1 aromatic carbocycles. The fraction of sp³-hybridized carbons (Fsp3) is 0.500. The summed E-state index contributed by atoms with van der Waals surface area (Å²) in [6.45, 7) is 5.56. The monoisotopic (exact) mass is 317 g/mol. The lowest BCUT2D eigenvalue weighted by atomic mass is 10.1. The average molecular weight is 318 g/mol. The molecule has 112 valence electrons. The lowest BCUT2D eigenvalue weighted by molar-refractivity contribution is 0.0528. The zero-order valence-corrected chi connectivity index (χ0v) is 13.5. The Hall–Kier alpha value is -1.07. The van der Waals surface area contributed by atoms with E-state index >= 15 is 0 Å². The van der Waals surface area contributed by atoms with Crippen molar-refractivity contribution >= 4 is 26.8 Å². The van der Waals surface area contributed by atoms with Crippen LogP contribution >= 0.6 is 10.7 Å². The summed E-state index contributed by atoms with van der Waals surface area (Å²) in [6.07, 6.45) is 0.00455. The van der Waals surface area contributed by atoms with E-state index in [0.29, 0.717) is 6.42 Å². The Bertz CT molecular complexity index is 459. The molecule has 2 atom stereocenters. The second-order valence-electron chi connectivity index (χ2n) is 5.44. The minimum Gasteiger partial charge on any atom is -0.444 e. The summed E-state index contributed by atoms with van der Waals surface area (Å²) in [7, 11) is 4.15. The third kappa shape index (κ3) is 6.91. The smallest absolute Gasteiger partial charge is 0.407 e. The van der Waals surface area contributed by atoms with Crippen molar-refractivity contribution in [2.45, 2.75) is 38.0 Å². The van der Waals surface area contributed by atoms with Gasteiger partial charge in [0.1, 0.15) is 15.6 Å². The maximum Gasteiger partial charge on any atom is 0.407 e. The molecule has 0 heterocycles. The molecule has 2 unspecified atom stereocenters. The largest absolute Gasteiger partial charge is 0.444 e. The van der Waals surface area contributed by atoms with Crippen molar-refractivity contribution in [3.63, 3.8) is 0 Å². The van der Waals surface area contributed by atoms with E-state index in [0.717, 1.165) is 5.56 Å². The van der Waals surface area contributed by atoms with Crippen molar-refractivity contribution in [2.75, 3.05) is 6.54 Å². The summed E-state index contributed by atoms with van der Waals surface area (Å²) in [5, 5.41) is 2.25. The number of hydrogen-bond donors (Lipinski definition) is 1. The Balaban J connectivity index is 2.52. The van der Waals surface area contributed by atoms with Gasteiger partial charge in [-0.15, -0.1) is 0 Å². The second kappa shape index (κ2) is 7.64. The normalized spacial score (nSPS) is 14.4. The molecule has 0 saturated heterocycles. The van der Waals surface area contributed by atoms with E-state index < -0.39 is 21.7 Å². The molecule has 0 spiro atoms. The van der Waals surface area contributed by atoms with Crippen LogP contribution in [0.3, 0.4) is 0 Å². The highest BCUT2D eigenvalue weighted by molar-refractivity contribution is 8.08. The van der Waals surface area contributed by atoms with E-state index in [1.54, 1.807) is 20.8 Å². The van der Waals surface area contributed by atoms with Gasteiger partial charge in [0, 0.05) is 6.54 Å². The molecule has 1 aromatic rings. The highest BCUT2D eigenvalue weighted by Crippen LogP contribution is 2.11. The van der Waals surface area contributed by atoms with Gasteiger partial charge in [0.05, 0.1) is 5.25 Å². The lowest BCUT2D eigenvalue weighted by Gasteiger charge is -2.21. The molecular formula is C14H20ClNO3S. The van der Waals surface area contributed by atoms with E-state index in [-0.39, 0.29) is 11.8 Å². The maximum absolute atomic E-state index is 11.6. The molecule has 0 fully saturated rings. The fourth-order valence-corrected chi connectivity index (χ4v) is 2.51. The van der Waals surface area contributed by atoms with Crippen LogP contribution in [0.2, 0.25) is 0 Å². The van der Waals surface area contributed by atoms with Gasteiger partial charge in [-0.1, -0.05) is 30.3 Å². The number of halogens is 1. The molecule has 0 aliphatic rings. The molecule has 0 bridgehead atoms. The molecule has 1 N–H and O–H groups in total. The molecule has 0 aliphatic heterocycles. The van der Waals surface area contributed by atoms with E-state index in [1.807, 2.05) is 30.3 Å². The zero-order valence-electron chi connectivity index (χ0n) is 11.9. The first-order valence-electron chi connectivity index (χ1n) is 6.35. The summed E-state index contributed by atoms with van der Waals surface area (Å²) >= 11 is 0. The minimum absolute atomic E-state index is 0.208. The quantitative estimate of drug-likeness (QED) is 0.849. The predicted molar refractivity (Wildman–Crippen MR) is 82.2 cm³/mol. The summed E-state index contributed by atoms with van der Waals surface area (Å²) in [4.78, 5) is 11.6. The summed E-state index contributed by atoms with van der Waals surface area (Å²) in [5.74, 6) is 0. The first kappa shape index (κ1) is 17.0.